The van der Waals surface area contributed by atoms with E-state index in [1.54, 1.807) is 7.11 Å². The highest BCUT2D eigenvalue weighted by Gasteiger charge is 1.95. The molecule has 0 aliphatic heterocycles. The van der Waals surface area contributed by atoms with Gasteiger partial charge in [0.25, 0.3) is 0 Å². The number of aryl methyl sites for hydroxylation is 1. The molecule has 0 saturated heterocycles. The summed E-state index contributed by atoms with van der Waals surface area (Å²) in [6.45, 7) is 3.77. The molecule has 0 saturated carbocycles. The van der Waals surface area contributed by atoms with E-state index in [1.807, 2.05) is 19.1 Å². The molecule has 0 spiro atoms. The van der Waals surface area contributed by atoms with E-state index in [-0.39, 0.29) is 0 Å². The second-order valence-electron chi connectivity index (χ2n) is 3.86. The third kappa shape index (κ3) is 5.17. The Morgan fingerprint density at radius 2 is 1.75 bits per heavy atom. The van der Waals surface area contributed by atoms with E-state index in [2.05, 4.69) is 12.1 Å². The minimum absolute atomic E-state index is 0.832. The first-order valence-electron chi connectivity index (χ1n) is 6.07. The van der Waals surface area contributed by atoms with Gasteiger partial charge in [0.15, 0.2) is 0 Å². The first kappa shape index (κ1) is 13.0. The Morgan fingerprint density at radius 3 is 2.38 bits per heavy atom. The van der Waals surface area contributed by atoms with Crippen molar-refractivity contribution in [1.29, 1.82) is 0 Å². The molecule has 0 N–H and O–H groups in total. The minimum Gasteiger partial charge on any atom is -0.497 e. The topological polar surface area (TPSA) is 18.5 Å². The van der Waals surface area contributed by atoms with Gasteiger partial charge < -0.3 is 9.47 Å². The Balaban J connectivity index is 2.12. The third-order valence-corrected chi connectivity index (χ3v) is 2.62. The molecule has 0 unspecified atom stereocenters. The molecule has 1 aromatic carbocycles. The second-order valence-corrected chi connectivity index (χ2v) is 3.86. The summed E-state index contributed by atoms with van der Waals surface area (Å²) >= 11 is 0. The summed E-state index contributed by atoms with van der Waals surface area (Å²) in [5, 5.41) is 0. The van der Waals surface area contributed by atoms with Crippen molar-refractivity contribution in [2.45, 2.75) is 32.6 Å². The fourth-order valence-electron chi connectivity index (χ4n) is 1.65. The van der Waals surface area contributed by atoms with Crippen molar-refractivity contribution in [1.82, 2.24) is 0 Å². The molecule has 2 nitrogen and oxygen atoms in total. The number of hydrogen-bond donors (Lipinski definition) is 0. The van der Waals surface area contributed by atoms with E-state index in [0.717, 1.165) is 25.4 Å². The van der Waals surface area contributed by atoms with Gasteiger partial charge in [0, 0.05) is 13.2 Å². The van der Waals surface area contributed by atoms with Gasteiger partial charge in [-0.2, -0.15) is 0 Å². The van der Waals surface area contributed by atoms with Crippen molar-refractivity contribution in [2.24, 2.45) is 0 Å². The fraction of sp³-hybridized carbons (Fsp3) is 0.571. The summed E-state index contributed by atoms with van der Waals surface area (Å²) in [5.41, 5.74) is 1.39. The molecule has 1 rings (SSSR count). The highest BCUT2D eigenvalue weighted by Crippen LogP contribution is 2.13. The Bertz CT molecular complexity index is 267. The molecule has 0 radical (unpaired) electrons. The summed E-state index contributed by atoms with van der Waals surface area (Å²) in [5.74, 6) is 0.931. The van der Waals surface area contributed by atoms with E-state index in [0.29, 0.717) is 0 Å². The summed E-state index contributed by atoms with van der Waals surface area (Å²) in [6.07, 6.45) is 4.80. The highest BCUT2D eigenvalue weighted by molar-refractivity contribution is 5.27. The largest absolute Gasteiger partial charge is 0.497 e. The molecule has 0 amide bonds. The molecule has 16 heavy (non-hydrogen) atoms. The Hall–Kier alpha value is -1.02. The molecule has 0 aliphatic carbocycles. The molecule has 2 heteroatoms. The zero-order valence-corrected chi connectivity index (χ0v) is 10.4. The van der Waals surface area contributed by atoms with E-state index in [1.165, 1.54) is 24.8 Å². The van der Waals surface area contributed by atoms with Crippen molar-refractivity contribution in [3.63, 3.8) is 0 Å². The maximum atomic E-state index is 5.30. The zero-order chi connectivity index (χ0) is 11.6. The lowest BCUT2D eigenvalue weighted by Crippen LogP contribution is -1.94. The fourth-order valence-corrected chi connectivity index (χ4v) is 1.65. The van der Waals surface area contributed by atoms with Crippen molar-refractivity contribution in [2.75, 3.05) is 20.3 Å². The van der Waals surface area contributed by atoms with Crippen LogP contribution in [0.2, 0.25) is 0 Å². The maximum Gasteiger partial charge on any atom is 0.118 e. The SMILES string of the molecule is CCOCCCCCc1ccc(OC)cc1. The van der Waals surface area contributed by atoms with Crippen molar-refractivity contribution < 1.29 is 9.47 Å². The maximum absolute atomic E-state index is 5.30. The lowest BCUT2D eigenvalue weighted by atomic mass is 10.1. The molecule has 0 aromatic heterocycles. The molecule has 1 aromatic rings. The van der Waals surface area contributed by atoms with Gasteiger partial charge in [0.2, 0.25) is 0 Å². The van der Waals surface area contributed by atoms with Crippen molar-refractivity contribution in [3.8, 4) is 5.75 Å². The number of rotatable bonds is 8. The lowest BCUT2D eigenvalue weighted by Gasteiger charge is -2.04. The van der Waals surface area contributed by atoms with E-state index in [4.69, 9.17) is 9.47 Å². The van der Waals surface area contributed by atoms with Crippen LogP contribution in [0.25, 0.3) is 0 Å². The van der Waals surface area contributed by atoms with Crippen LogP contribution in [0.1, 0.15) is 31.7 Å². The molecule has 0 fully saturated rings. The van der Waals surface area contributed by atoms with Crippen LogP contribution in [-0.2, 0) is 11.2 Å². The van der Waals surface area contributed by atoms with Gasteiger partial charge in [-0.3, -0.25) is 0 Å². The standard InChI is InChI=1S/C14H22O2/c1-3-16-12-6-4-5-7-13-8-10-14(15-2)11-9-13/h8-11H,3-7,12H2,1-2H3. The van der Waals surface area contributed by atoms with Crippen LogP contribution in [0.4, 0.5) is 0 Å². The van der Waals surface area contributed by atoms with Gasteiger partial charge in [0.05, 0.1) is 7.11 Å². The average Bonchev–Trinajstić information content (AvgIpc) is 2.34. The van der Waals surface area contributed by atoms with E-state index < -0.39 is 0 Å². The summed E-state index contributed by atoms with van der Waals surface area (Å²) in [6, 6.07) is 8.33. The number of methoxy groups -OCH3 is 1. The van der Waals surface area contributed by atoms with Gasteiger partial charge in [-0.1, -0.05) is 18.6 Å². The molecule has 90 valence electrons. The van der Waals surface area contributed by atoms with Crippen LogP contribution >= 0.6 is 0 Å². The predicted molar refractivity (Wildman–Crippen MR) is 67.0 cm³/mol. The van der Waals surface area contributed by atoms with Crippen LogP contribution in [0.3, 0.4) is 0 Å². The Kier molecular flexibility index (Phi) is 6.66. The second kappa shape index (κ2) is 8.17. The smallest absolute Gasteiger partial charge is 0.118 e. The van der Waals surface area contributed by atoms with Gasteiger partial charge in [-0.15, -0.1) is 0 Å². The predicted octanol–water partition coefficient (Wildman–Crippen LogP) is 3.44. The summed E-state index contributed by atoms with van der Waals surface area (Å²) in [7, 11) is 1.70. The van der Waals surface area contributed by atoms with E-state index >= 15 is 0 Å². The van der Waals surface area contributed by atoms with Crippen LogP contribution in [0.5, 0.6) is 5.75 Å². The lowest BCUT2D eigenvalue weighted by molar-refractivity contribution is 0.143. The molecule has 0 heterocycles. The van der Waals surface area contributed by atoms with Crippen LogP contribution < -0.4 is 4.74 Å². The van der Waals surface area contributed by atoms with Crippen LogP contribution in [0.15, 0.2) is 24.3 Å². The quantitative estimate of drug-likeness (QED) is 0.627. The first-order valence-corrected chi connectivity index (χ1v) is 6.07. The van der Waals surface area contributed by atoms with Crippen molar-refractivity contribution >= 4 is 0 Å². The van der Waals surface area contributed by atoms with Crippen LogP contribution in [-0.4, -0.2) is 20.3 Å². The number of unbranched alkanes of at least 4 members (excludes halogenated alkanes) is 2. The normalized spacial score (nSPS) is 10.4. The summed E-state index contributed by atoms with van der Waals surface area (Å²) in [4.78, 5) is 0. The molecule has 0 bridgehead atoms. The number of hydrogen-bond acceptors (Lipinski definition) is 2. The van der Waals surface area contributed by atoms with Crippen molar-refractivity contribution in [3.05, 3.63) is 29.8 Å². The summed E-state index contributed by atoms with van der Waals surface area (Å²) < 4.78 is 10.4. The molecule has 0 atom stereocenters. The van der Waals surface area contributed by atoms with Gasteiger partial charge in [-0.05, 0) is 43.9 Å². The highest BCUT2D eigenvalue weighted by atomic mass is 16.5. The molecule has 0 aliphatic rings. The minimum atomic E-state index is 0.832. The zero-order valence-electron chi connectivity index (χ0n) is 10.4. The van der Waals surface area contributed by atoms with Crippen LogP contribution in [0, 0.1) is 0 Å². The number of benzene rings is 1. The number of ether oxygens (including phenoxy) is 2. The van der Waals surface area contributed by atoms with E-state index in [9.17, 15) is 0 Å². The Morgan fingerprint density at radius 1 is 1.00 bits per heavy atom. The molecular weight excluding hydrogens is 200 g/mol. The Labute approximate surface area is 98.6 Å². The van der Waals surface area contributed by atoms with Gasteiger partial charge >= 0.3 is 0 Å². The first-order chi connectivity index (χ1) is 7.86. The monoisotopic (exact) mass is 222 g/mol. The average molecular weight is 222 g/mol. The van der Waals surface area contributed by atoms with Gasteiger partial charge in [-0.25, -0.2) is 0 Å². The third-order valence-electron chi connectivity index (χ3n) is 2.62. The van der Waals surface area contributed by atoms with Gasteiger partial charge in [0.1, 0.15) is 5.75 Å². The molecular formula is C14H22O2.